The number of esters is 1. The van der Waals surface area contributed by atoms with Gasteiger partial charge in [-0.25, -0.2) is 4.79 Å². The molecule has 0 aliphatic heterocycles. The normalized spacial score (nSPS) is 11.1. The van der Waals surface area contributed by atoms with Gasteiger partial charge in [0.1, 0.15) is 16.3 Å². The van der Waals surface area contributed by atoms with Gasteiger partial charge in [0, 0.05) is 21.3 Å². The maximum absolute atomic E-state index is 12.5. The standard InChI is InChI=1S/C22H15BrCl2N2O3/c1-2-29-22(28)19-20(25)18(10-14(12-26)13-6-8-15(23)9-7-13)30-21(19)27-17-5-3-4-16(24)11-17/h3-11,27H,2H2,1H3/b14-10+. The van der Waals surface area contributed by atoms with Gasteiger partial charge in [-0.1, -0.05) is 57.3 Å². The van der Waals surface area contributed by atoms with Crippen molar-refractivity contribution in [3.63, 3.8) is 0 Å². The number of halogens is 3. The summed E-state index contributed by atoms with van der Waals surface area (Å²) in [6.45, 7) is 1.86. The van der Waals surface area contributed by atoms with Crippen molar-refractivity contribution in [2.45, 2.75) is 6.92 Å². The van der Waals surface area contributed by atoms with Crippen molar-refractivity contribution in [1.82, 2.24) is 0 Å². The first-order valence-electron chi connectivity index (χ1n) is 8.82. The predicted octanol–water partition coefficient (Wildman–Crippen LogP) is 7.33. The molecule has 2 aromatic carbocycles. The SMILES string of the molecule is CCOC(=O)c1c(Nc2cccc(Cl)c2)oc(/C=C(\C#N)c2ccc(Br)cc2)c1Cl. The number of anilines is 2. The number of carbonyl (C=O) groups excluding carboxylic acids is 1. The van der Waals surface area contributed by atoms with Crippen LogP contribution >= 0.6 is 39.1 Å². The van der Waals surface area contributed by atoms with Gasteiger partial charge in [0.25, 0.3) is 0 Å². The summed E-state index contributed by atoms with van der Waals surface area (Å²) in [7, 11) is 0. The molecule has 0 radical (unpaired) electrons. The molecule has 3 aromatic rings. The maximum Gasteiger partial charge on any atom is 0.345 e. The van der Waals surface area contributed by atoms with Crippen LogP contribution in [0.5, 0.6) is 0 Å². The number of rotatable bonds is 6. The Labute approximate surface area is 192 Å². The minimum absolute atomic E-state index is 0.0397. The van der Waals surface area contributed by atoms with Gasteiger partial charge in [-0.15, -0.1) is 0 Å². The summed E-state index contributed by atoms with van der Waals surface area (Å²) in [4.78, 5) is 12.5. The Morgan fingerprint density at radius 2 is 2.00 bits per heavy atom. The Balaban J connectivity index is 2.07. The molecule has 8 heteroatoms. The van der Waals surface area contributed by atoms with Gasteiger partial charge in [-0.2, -0.15) is 5.26 Å². The third-order valence-corrected chi connectivity index (χ3v) is 5.13. The Hall–Kier alpha value is -2.72. The van der Waals surface area contributed by atoms with Gasteiger partial charge in [-0.05, 0) is 42.8 Å². The highest BCUT2D eigenvalue weighted by atomic mass is 79.9. The predicted molar refractivity (Wildman–Crippen MR) is 122 cm³/mol. The molecule has 152 valence electrons. The lowest BCUT2D eigenvalue weighted by Crippen LogP contribution is -2.06. The number of ether oxygens (including phenoxy) is 1. The fourth-order valence-corrected chi connectivity index (χ4v) is 3.34. The number of nitrogens with zero attached hydrogens (tertiary/aromatic N) is 1. The van der Waals surface area contributed by atoms with Crippen LogP contribution in [0.2, 0.25) is 10.0 Å². The second-order valence-electron chi connectivity index (χ2n) is 6.02. The smallest absolute Gasteiger partial charge is 0.345 e. The molecular weight excluding hydrogens is 491 g/mol. The summed E-state index contributed by atoms with van der Waals surface area (Å²) >= 11 is 15.8. The van der Waals surface area contributed by atoms with E-state index in [1.807, 2.05) is 12.1 Å². The van der Waals surface area contributed by atoms with Crippen LogP contribution in [0.15, 0.2) is 57.4 Å². The van der Waals surface area contributed by atoms with Crippen LogP contribution in [0, 0.1) is 11.3 Å². The molecule has 0 spiro atoms. The quantitative estimate of drug-likeness (QED) is 0.280. The summed E-state index contributed by atoms with van der Waals surface area (Å²) < 4.78 is 11.8. The summed E-state index contributed by atoms with van der Waals surface area (Å²) in [6, 6.07) is 16.2. The van der Waals surface area contributed by atoms with E-state index >= 15 is 0 Å². The van der Waals surface area contributed by atoms with E-state index in [9.17, 15) is 10.1 Å². The van der Waals surface area contributed by atoms with Crippen LogP contribution in [0.4, 0.5) is 11.6 Å². The molecule has 0 amide bonds. The van der Waals surface area contributed by atoms with E-state index in [-0.39, 0.29) is 28.8 Å². The molecule has 0 saturated heterocycles. The third kappa shape index (κ3) is 5.06. The van der Waals surface area contributed by atoms with Gasteiger partial charge in [0.2, 0.25) is 5.88 Å². The highest BCUT2D eigenvalue weighted by Gasteiger charge is 2.26. The first-order chi connectivity index (χ1) is 14.4. The second-order valence-corrected chi connectivity index (χ2v) is 7.75. The molecular formula is C22H15BrCl2N2O3. The van der Waals surface area contributed by atoms with Crippen LogP contribution < -0.4 is 5.32 Å². The van der Waals surface area contributed by atoms with Crippen molar-refractivity contribution in [3.05, 3.63) is 79.9 Å². The molecule has 0 fully saturated rings. The number of furan rings is 1. The largest absolute Gasteiger partial charge is 0.462 e. The van der Waals surface area contributed by atoms with E-state index in [1.54, 1.807) is 43.3 Å². The number of carbonyl (C=O) groups is 1. The van der Waals surface area contributed by atoms with Gasteiger partial charge in [0.15, 0.2) is 0 Å². The average Bonchev–Trinajstić information content (AvgIpc) is 3.02. The zero-order valence-corrected chi connectivity index (χ0v) is 18.8. The monoisotopic (exact) mass is 504 g/mol. The fourth-order valence-electron chi connectivity index (χ4n) is 2.63. The molecule has 0 bridgehead atoms. The topological polar surface area (TPSA) is 75.3 Å². The Kier molecular flexibility index (Phi) is 7.22. The van der Waals surface area contributed by atoms with Crippen molar-refractivity contribution in [2.24, 2.45) is 0 Å². The van der Waals surface area contributed by atoms with E-state index in [0.29, 0.717) is 21.8 Å². The minimum Gasteiger partial charge on any atom is -0.462 e. The van der Waals surface area contributed by atoms with Gasteiger partial charge in [-0.3, -0.25) is 0 Å². The molecule has 1 heterocycles. The van der Waals surface area contributed by atoms with Gasteiger partial charge < -0.3 is 14.5 Å². The summed E-state index contributed by atoms with van der Waals surface area (Å²) in [5, 5.41) is 13.2. The molecule has 1 N–H and O–H groups in total. The number of nitriles is 1. The van der Waals surface area contributed by atoms with Gasteiger partial charge >= 0.3 is 5.97 Å². The Morgan fingerprint density at radius 3 is 2.63 bits per heavy atom. The lowest BCUT2D eigenvalue weighted by Gasteiger charge is -2.06. The molecule has 0 saturated carbocycles. The number of benzene rings is 2. The highest BCUT2D eigenvalue weighted by Crippen LogP contribution is 2.37. The molecule has 1 aromatic heterocycles. The lowest BCUT2D eigenvalue weighted by atomic mass is 10.1. The van der Waals surface area contributed by atoms with Crippen LogP contribution in [-0.2, 0) is 4.74 Å². The van der Waals surface area contributed by atoms with Crippen molar-refractivity contribution < 1.29 is 13.9 Å². The first-order valence-corrected chi connectivity index (χ1v) is 10.4. The first kappa shape index (κ1) is 22.0. The molecule has 0 atom stereocenters. The molecule has 0 unspecified atom stereocenters. The van der Waals surface area contributed by atoms with E-state index in [2.05, 4.69) is 27.3 Å². The summed E-state index contributed by atoms with van der Waals surface area (Å²) in [6.07, 6.45) is 1.48. The highest BCUT2D eigenvalue weighted by molar-refractivity contribution is 9.10. The van der Waals surface area contributed by atoms with E-state index in [0.717, 1.165) is 4.47 Å². The number of hydrogen-bond acceptors (Lipinski definition) is 5. The maximum atomic E-state index is 12.5. The second kappa shape index (κ2) is 9.86. The molecule has 30 heavy (non-hydrogen) atoms. The summed E-state index contributed by atoms with van der Waals surface area (Å²) in [5.74, 6) is -0.388. The number of allylic oxidation sites excluding steroid dienone is 1. The van der Waals surface area contributed by atoms with Crippen LogP contribution in [0.3, 0.4) is 0 Å². The van der Waals surface area contributed by atoms with Crippen LogP contribution in [0.1, 0.15) is 28.6 Å². The van der Waals surface area contributed by atoms with E-state index < -0.39 is 5.97 Å². The zero-order chi connectivity index (χ0) is 21.7. The average molecular weight is 506 g/mol. The molecule has 5 nitrogen and oxygen atoms in total. The van der Waals surface area contributed by atoms with Crippen LogP contribution in [0.25, 0.3) is 11.6 Å². The Morgan fingerprint density at radius 1 is 1.27 bits per heavy atom. The van der Waals surface area contributed by atoms with Crippen molar-refractivity contribution >= 4 is 68.3 Å². The van der Waals surface area contributed by atoms with Crippen molar-refractivity contribution in [2.75, 3.05) is 11.9 Å². The van der Waals surface area contributed by atoms with Crippen molar-refractivity contribution in [1.29, 1.82) is 5.26 Å². The van der Waals surface area contributed by atoms with E-state index in [4.69, 9.17) is 32.4 Å². The third-order valence-electron chi connectivity index (χ3n) is 3.99. The lowest BCUT2D eigenvalue weighted by molar-refractivity contribution is 0.0527. The molecule has 0 aliphatic rings. The van der Waals surface area contributed by atoms with Crippen molar-refractivity contribution in [3.8, 4) is 6.07 Å². The Bertz CT molecular complexity index is 1150. The van der Waals surface area contributed by atoms with Crippen LogP contribution in [-0.4, -0.2) is 12.6 Å². The zero-order valence-electron chi connectivity index (χ0n) is 15.7. The minimum atomic E-state index is -0.641. The van der Waals surface area contributed by atoms with Gasteiger partial charge in [0.05, 0.1) is 18.2 Å². The molecule has 0 aliphatic carbocycles. The fraction of sp³-hybridized carbons (Fsp3) is 0.0909. The molecule has 3 rings (SSSR count). The number of nitrogens with one attached hydrogen (secondary N) is 1. The van der Waals surface area contributed by atoms with E-state index in [1.165, 1.54) is 6.08 Å². The number of hydrogen-bond donors (Lipinski definition) is 1. The summed E-state index contributed by atoms with van der Waals surface area (Å²) in [5.41, 5.74) is 1.64.